The van der Waals surface area contributed by atoms with E-state index in [0.717, 1.165) is 45.5 Å². The highest BCUT2D eigenvalue weighted by Gasteiger charge is 2.34. The van der Waals surface area contributed by atoms with Gasteiger partial charge in [-0.25, -0.2) is 0 Å². The number of benzene rings is 1. The summed E-state index contributed by atoms with van der Waals surface area (Å²) >= 11 is 0. The summed E-state index contributed by atoms with van der Waals surface area (Å²) in [5, 5.41) is 13.4. The average Bonchev–Trinajstić information content (AvgIpc) is 3.08. The largest absolute Gasteiger partial charge is 0.394 e. The van der Waals surface area contributed by atoms with Crippen LogP contribution in [0, 0.1) is 0 Å². The molecule has 1 aromatic rings. The molecule has 0 bridgehead atoms. The van der Waals surface area contributed by atoms with Gasteiger partial charge >= 0.3 is 0 Å². The maximum Gasteiger partial charge on any atom is 0.0700 e. The zero-order valence-electron chi connectivity index (χ0n) is 12.6. The highest BCUT2D eigenvalue weighted by molar-refractivity contribution is 5.46. The topological polar surface area (TPSA) is 44.7 Å². The zero-order chi connectivity index (χ0) is 14.5. The van der Waals surface area contributed by atoms with E-state index in [1.807, 2.05) is 0 Å². The van der Waals surface area contributed by atoms with Gasteiger partial charge in [-0.15, -0.1) is 0 Å². The zero-order valence-corrected chi connectivity index (χ0v) is 12.6. The van der Waals surface area contributed by atoms with Crippen molar-refractivity contribution >= 4 is 5.69 Å². The summed E-state index contributed by atoms with van der Waals surface area (Å²) in [7, 11) is 0. The molecule has 21 heavy (non-hydrogen) atoms. The molecule has 2 aliphatic rings. The van der Waals surface area contributed by atoms with Crippen LogP contribution < -0.4 is 10.2 Å². The molecule has 116 valence electrons. The van der Waals surface area contributed by atoms with Gasteiger partial charge in [0.15, 0.2) is 0 Å². The number of hydrogen-bond acceptors (Lipinski definition) is 4. The Bertz CT molecular complexity index is 424. The normalized spacial score (nSPS) is 25.2. The van der Waals surface area contributed by atoms with Gasteiger partial charge in [-0.2, -0.15) is 0 Å². The second-order valence-electron chi connectivity index (χ2n) is 6.28. The fraction of sp³-hybridized carbons (Fsp3) is 0.647. The van der Waals surface area contributed by atoms with Crippen LogP contribution in [-0.2, 0) is 4.74 Å². The van der Waals surface area contributed by atoms with Crippen molar-refractivity contribution in [2.45, 2.75) is 37.3 Å². The summed E-state index contributed by atoms with van der Waals surface area (Å²) in [5.74, 6) is 0. The highest BCUT2D eigenvalue weighted by Crippen LogP contribution is 2.26. The molecule has 1 atom stereocenters. The van der Waals surface area contributed by atoms with E-state index in [2.05, 4.69) is 40.5 Å². The first-order valence-electron chi connectivity index (χ1n) is 8.09. The first-order chi connectivity index (χ1) is 10.3. The van der Waals surface area contributed by atoms with Crippen molar-refractivity contribution in [3.8, 4) is 0 Å². The molecule has 0 spiro atoms. The summed E-state index contributed by atoms with van der Waals surface area (Å²) in [5.41, 5.74) is 1.15. The van der Waals surface area contributed by atoms with Gasteiger partial charge in [0, 0.05) is 37.5 Å². The Morgan fingerprint density at radius 2 is 2.00 bits per heavy atom. The van der Waals surface area contributed by atoms with Crippen molar-refractivity contribution < 1.29 is 9.84 Å². The van der Waals surface area contributed by atoms with Crippen molar-refractivity contribution in [2.75, 3.05) is 37.7 Å². The van der Waals surface area contributed by atoms with Crippen LogP contribution in [0.4, 0.5) is 5.69 Å². The average molecular weight is 290 g/mol. The van der Waals surface area contributed by atoms with E-state index in [9.17, 15) is 5.11 Å². The molecule has 2 heterocycles. The number of ether oxygens (including phenoxy) is 1. The molecule has 2 fully saturated rings. The molecule has 0 saturated carbocycles. The molecule has 0 radical (unpaired) electrons. The molecule has 4 nitrogen and oxygen atoms in total. The highest BCUT2D eigenvalue weighted by atomic mass is 16.5. The van der Waals surface area contributed by atoms with Gasteiger partial charge in [0.25, 0.3) is 0 Å². The molecule has 1 unspecified atom stereocenters. The summed E-state index contributed by atoms with van der Waals surface area (Å²) in [6.45, 7) is 3.95. The van der Waals surface area contributed by atoms with Crippen LogP contribution >= 0.6 is 0 Å². The Labute approximate surface area is 127 Å². The Balaban J connectivity index is 1.54. The van der Waals surface area contributed by atoms with Crippen LogP contribution in [0.15, 0.2) is 30.3 Å². The lowest BCUT2D eigenvalue weighted by molar-refractivity contribution is 0.0795. The van der Waals surface area contributed by atoms with Crippen LogP contribution in [0.25, 0.3) is 0 Å². The molecular formula is C17H26N2O2. The first-order valence-corrected chi connectivity index (χ1v) is 8.09. The maximum atomic E-state index is 9.85. The number of nitrogens with zero attached hydrogens (tertiary/aromatic N) is 1. The molecule has 0 amide bonds. The third-order valence-corrected chi connectivity index (χ3v) is 4.87. The van der Waals surface area contributed by atoms with E-state index in [-0.39, 0.29) is 12.1 Å². The molecule has 2 N–H and O–H groups in total. The van der Waals surface area contributed by atoms with Crippen LogP contribution in [0.1, 0.15) is 25.7 Å². The van der Waals surface area contributed by atoms with Crippen LogP contribution in [0.3, 0.4) is 0 Å². The van der Waals surface area contributed by atoms with E-state index in [1.54, 1.807) is 0 Å². The van der Waals surface area contributed by atoms with E-state index < -0.39 is 0 Å². The van der Waals surface area contributed by atoms with Crippen molar-refractivity contribution in [1.29, 1.82) is 0 Å². The molecule has 1 aromatic carbocycles. The van der Waals surface area contributed by atoms with E-state index in [4.69, 9.17) is 4.74 Å². The molecule has 2 saturated heterocycles. The van der Waals surface area contributed by atoms with E-state index in [1.165, 1.54) is 12.1 Å². The lowest BCUT2D eigenvalue weighted by Gasteiger charge is -2.42. The van der Waals surface area contributed by atoms with Crippen molar-refractivity contribution in [3.05, 3.63) is 30.3 Å². The molecular weight excluding hydrogens is 264 g/mol. The predicted molar refractivity (Wildman–Crippen MR) is 84.7 cm³/mol. The first kappa shape index (κ1) is 14.8. The lowest BCUT2D eigenvalue weighted by Crippen LogP contribution is -2.57. The monoisotopic (exact) mass is 290 g/mol. The minimum Gasteiger partial charge on any atom is -0.394 e. The van der Waals surface area contributed by atoms with Crippen molar-refractivity contribution in [2.24, 2.45) is 0 Å². The van der Waals surface area contributed by atoms with Crippen LogP contribution in [0.2, 0.25) is 0 Å². The second kappa shape index (κ2) is 6.77. The number of anilines is 1. The van der Waals surface area contributed by atoms with Gasteiger partial charge in [0.05, 0.1) is 12.7 Å². The van der Waals surface area contributed by atoms with Crippen molar-refractivity contribution in [1.82, 2.24) is 5.32 Å². The smallest absolute Gasteiger partial charge is 0.0700 e. The Hall–Kier alpha value is -1.10. The second-order valence-corrected chi connectivity index (χ2v) is 6.28. The van der Waals surface area contributed by atoms with Crippen LogP contribution in [0.5, 0.6) is 0 Å². The minimum atomic E-state index is -0.128. The third-order valence-electron chi connectivity index (χ3n) is 4.87. The van der Waals surface area contributed by atoms with Gasteiger partial charge in [-0.1, -0.05) is 18.2 Å². The van der Waals surface area contributed by atoms with Crippen LogP contribution in [-0.4, -0.2) is 49.6 Å². The number of hydrogen-bond donors (Lipinski definition) is 2. The van der Waals surface area contributed by atoms with Gasteiger partial charge < -0.3 is 20.1 Å². The summed E-state index contributed by atoms with van der Waals surface area (Å²) < 4.78 is 5.67. The summed E-state index contributed by atoms with van der Waals surface area (Å²) in [6.07, 6.45) is 4.60. The molecule has 0 aliphatic carbocycles. The summed E-state index contributed by atoms with van der Waals surface area (Å²) in [6, 6.07) is 10.5. The van der Waals surface area contributed by atoms with Crippen molar-refractivity contribution in [3.63, 3.8) is 0 Å². The lowest BCUT2D eigenvalue weighted by atomic mass is 9.87. The quantitative estimate of drug-likeness (QED) is 0.868. The number of rotatable bonds is 5. The Morgan fingerprint density at radius 1 is 1.24 bits per heavy atom. The molecule has 4 heteroatoms. The fourth-order valence-corrected chi connectivity index (χ4v) is 3.36. The standard InChI is InChI=1S/C17H26N2O2/c20-14-17(18-13-16-7-4-12-21-16)8-10-19(11-9-17)15-5-2-1-3-6-15/h1-3,5-6,16,18,20H,4,7-14H2. The molecule has 3 rings (SSSR count). The van der Waals surface area contributed by atoms with Gasteiger partial charge in [-0.3, -0.25) is 0 Å². The Kier molecular flexibility index (Phi) is 4.78. The van der Waals surface area contributed by atoms with Gasteiger partial charge in [-0.05, 0) is 37.8 Å². The van der Waals surface area contributed by atoms with Gasteiger partial charge in [0.2, 0.25) is 0 Å². The number of nitrogens with one attached hydrogen (secondary N) is 1. The number of aliphatic hydroxyl groups is 1. The third kappa shape index (κ3) is 3.57. The Morgan fingerprint density at radius 3 is 2.62 bits per heavy atom. The number of piperidine rings is 1. The molecule has 2 aliphatic heterocycles. The van der Waals surface area contributed by atoms with E-state index in [0.29, 0.717) is 6.10 Å². The van der Waals surface area contributed by atoms with E-state index >= 15 is 0 Å². The predicted octanol–water partition coefficient (Wildman–Crippen LogP) is 1.79. The maximum absolute atomic E-state index is 9.85. The number of para-hydroxylation sites is 1. The summed E-state index contributed by atoms with van der Waals surface area (Å²) in [4.78, 5) is 2.40. The van der Waals surface area contributed by atoms with Gasteiger partial charge in [0.1, 0.15) is 0 Å². The fourth-order valence-electron chi connectivity index (χ4n) is 3.36. The molecule has 0 aromatic heterocycles. The SMILES string of the molecule is OCC1(NCC2CCCO2)CCN(c2ccccc2)CC1. The number of aliphatic hydroxyl groups excluding tert-OH is 1. The minimum absolute atomic E-state index is 0.128.